The Bertz CT molecular complexity index is 819. The molecule has 0 saturated carbocycles. The van der Waals surface area contributed by atoms with Gasteiger partial charge in [-0.1, -0.05) is 48.0 Å². The van der Waals surface area contributed by atoms with E-state index in [9.17, 15) is 8.42 Å². The summed E-state index contributed by atoms with van der Waals surface area (Å²) in [6, 6.07) is 15.0. The van der Waals surface area contributed by atoms with Gasteiger partial charge in [0, 0.05) is 5.56 Å². The molecule has 0 aromatic heterocycles. The summed E-state index contributed by atoms with van der Waals surface area (Å²) < 4.78 is 27.8. The van der Waals surface area contributed by atoms with Crippen LogP contribution in [-0.2, 0) is 10.0 Å². The highest BCUT2D eigenvalue weighted by Gasteiger charge is 2.27. The fourth-order valence-corrected chi connectivity index (χ4v) is 3.35. The van der Waals surface area contributed by atoms with E-state index in [1.807, 2.05) is 49.4 Å². The van der Waals surface area contributed by atoms with Crippen LogP contribution in [0, 0.1) is 6.92 Å². The van der Waals surface area contributed by atoms with Gasteiger partial charge in [-0.3, -0.25) is 0 Å². The lowest BCUT2D eigenvalue weighted by atomic mass is 10.1. The minimum atomic E-state index is -3.54. The third-order valence-corrected chi connectivity index (χ3v) is 4.49. The van der Waals surface area contributed by atoms with E-state index in [1.165, 1.54) is 0 Å². The maximum atomic E-state index is 12.0. The van der Waals surface area contributed by atoms with Crippen molar-refractivity contribution < 1.29 is 8.42 Å². The number of hydrogen-bond acceptors (Lipinski definition) is 2. The molecule has 1 aliphatic rings. The topological polar surface area (TPSA) is 46.5 Å². The van der Waals surface area contributed by atoms with Crippen LogP contribution in [0.25, 0.3) is 6.08 Å². The third-order valence-electron chi connectivity index (χ3n) is 3.14. The van der Waals surface area contributed by atoms with E-state index in [-0.39, 0.29) is 4.90 Å². The van der Waals surface area contributed by atoms with Crippen LogP contribution in [0.4, 0.5) is 0 Å². The van der Waals surface area contributed by atoms with Crippen molar-refractivity contribution in [2.45, 2.75) is 11.8 Å². The summed E-state index contributed by atoms with van der Waals surface area (Å²) in [6.45, 7) is 1.93. The Morgan fingerprint density at radius 2 is 1.75 bits per heavy atom. The summed E-state index contributed by atoms with van der Waals surface area (Å²) in [5.74, 6) is 0. The number of benzene rings is 2. The molecule has 2 aromatic rings. The Kier molecular flexibility index (Phi) is 3.03. The first-order chi connectivity index (χ1) is 9.56. The van der Waals surface area contributed by atoms with Gasteiger partial charge in [-0.05, 0) is 30.7 Å². The summed E-state index contributed by atoms with van der Waals surface area (Å²) in [6.07, 6.45) is 3.62. The first-order valence-electron chi connectivity index (χ1n) is 6.25. The second kappa shape index (κ2) is 4.72. The molecule has 100 valence electrons. The van der Waals surface area contributed by atoms with Crippen molar-refractivity contribution in [2.75, 3.05) is 0 Å². The Balaban J connectivity index is 2.05. The van der Waals surface area contributed by atoms with E-state index in [0.29, 0.717) is 11.3 Å². The molecule has 1 heterocycles. The molecule has 0 aliphatic carbocycles. The quantitative estimate of drug-likeness (QED) is 0.849. The van der Waals surface area contributed by atoms with Crippen molar-refractivity contribution in [1.29, 1.82) is 0 Å². The molecule has 0 bridgehead atoms. The first kappa shape index (κ1) is 12.8. The molecule has 3 rings (SSSR count). The van der Waals surface area contributed by atoms with Crippen LogP contribution in [-0.4, -0.2) is 14.1 Å². The van der Waals surface area contributed by atoms with Crippen molar-refractivity contribution >= 4 is 21.8 Å². The molecule has 0 spiro atoms. The number of fused-ring (bicyclic) bond motifs is 1. The summed E-state index contributed by atoms with van der Waals surface area (Å²) in [4.78, 5) is 0.288. The average Bonchev–Trinajstić information content (AvgIpc) is 2.68. The number of allylic oxidation sites excluding steroid dienone is 1. The number of rotatable bonds is 2. The summed E-state index contributed by atoms with van der Waals surface area (Å²) in [5, 5.41) is 0. The SMILES string of the molecule is Cc1ccc2c(c1)C(/C=C/c1ccccc1)=NS2(=O)=O. The Hall–Kier alpha value is -2.20. The van der Waals surface area contributed by atoms with Gasteiger partial charge in [0.2, 0.25) is 0 Å². The normalized spacial score (nSPS) is 16.1. The van der Waals surface area contributed by atoms with Crippen LogP contribution in [0.5, 0.6) is 0 Å². The number of hydrogen-bond donors (Lipinski definition) is 0. The monoisotopic (exact) mass is 283 g/mol. The molecule has 3 nitrogen and oxygen atoms in total. The van der Waals surface area contributed by atoms with E-state index < -0.39 is 10.0 Å². The van der Waals surface area contributed by atoms with Crippen LogP contribution >= 0.6 is 0 Å². The second-order valence-corrected chi connectivity index (χ2v) is 6.27. The van der Waals surface area contributed by atoms with Gasteiger partial charge < -0.3 is 0 Å². The summed E-state index contributed by atoms with van der Waals surface area (Å²) in [5.41, 5.74) is 3.19. The first-order valence-corrected chi connectivity index (χ1v) is 7.69. The van der Waals surface area contributed by atoms with Gasteiger partial charge in [-0.2, -0.15) is 12.8 Å². The van der Waals surface area contributed by atoms with Crippen LogP contribution in [0.1, 0.15) is 16.7 Å². The molecule has 1 aliphatic heterocycles. The van der Waals surface area contributed by atoms with E-state index in [1.54, 1.807) is 18.2 Å². The predicted molar refractivity (Wildman–Crippen MR) is 80.4 cm³/mol. The largest absolute Gasteiger partial charge is 0.283 e. The highest BCUT2D eigenvalue weighted by Crippen LogP contribution is 2.27. The number of nitrogens with zero attached hydrogens (tertiary/aromatic N) is 1. The van der Waals surface area contributed by atoms with Gasteiger partial charge in [0.25, 0.3) is 10.0 Å². The van der Waals surface area contributed by atoms with Gasteiger partial charge in [0.1, 0.15) is 0 Å². The molecule has 0 amide bonds. The van der Waals surface area contributed by atoms with Crippen LogP contribution in [0.2, 0.25) is 0 Å². The van der Waals surface area contributed by atoms with Gasteiger partial charge >= 0.3 is 0 Å². The van der Waals surface area contributed by atoms with E-state index in [2.05, 4.69) is 4.40 Å². The van der Waals surface area contributed by atoms with Gasteiger partial charge in [0.05, 0.1) is 10.6 Å². The van der Waals surface area contributed by atoms with Crippen molar-refractivity contribution in [3.63, 3.8) is 0 Å². The van der Waals surface area contributed by atoms with E-state index in [4.69, 9.17) is 0 Å². The highest BCUT2D eigenvalue weighted by atomic mass is 32.2. The zero-order valence-corrected chi connectivity index (χ0v) is 11.8. The lowest BCUT2D eigenvalue weighted by molar-refractivity contribution is 0.599. The molecule has 2 aromatic carbocycles. The molecule has 0 N–H and O–H groups in total. The minimum Gasteiger partial charge on any atom is -0.199 e. The lowest BCUT2D eigenvalue weighted by Crippen LogP contribution is -1.95. The van der Waals surface area contributed by atoms with Gasteiger partial charge in [-0.15, -0.1) is 0 Å². The zero-order chi connectivity index (χ0) is 14.2. The molecule has 20 heavy (non-hydrogen) atoms. The Morgan fingerprint density at radius 3 is 2.50 bits per heavy atom. The Morgan fingerprint density at radius 1 is 1.00 bits per heavy atom. The van der Waals surface area contributed by atoms with Crippen LogP contribution in [0.15, 0.2) is 63.9 Å². The molecule has 0 fully saturated rings. The van der Waals surface area contributed by atoms with E-state index in [0.717, 1.165) is 11.1 Å². The zero-order valence-electron chi connectivity index (χ0n) is 10.9. The smallest absolute Gasteiger partial charge is 0.199 e. The molecule has 0 radical (unpaired) electrons. The maximum absolute atomic E-state index is 12.0. The Labute approximate surface area is 118 Å². The minimum absolute atomic E-state index is 0.288. The molecule has 0 unspecified atom stereocenters. The van der Waals surface area contributed by atoms with E-state index >= 15 is 0 Å². The second-order valence-electron chi connectivity index (χ2n) is 4.70. The summed E-state index contributed by atoms with van der Waals surface area (Å²) >= 11 is 0. The summed E-state index contributed by atoms with van der Waals surface area (Å²) in [7, 11) is -3.54. The number of sulfonamides is 1. The third kappa shape index (κ3) is 2.30. The maximum Gasteiger partial charge on any atom is 0.283 e. The fraction of sp³-hybridized carbons (Fsp3) is 0.0625. The molecular formula is C16H13NO2S. The molecule has 0 atom stereocenters. The molecular weight excluding hydrogens is 270 g/mol. The van der Waals surface area contributed by atoms with Crippen molar-refractivity contribution in [1.82, 2.24) is 0 Å². The van der Waals surface area contributed by atoms with Crippen molar-refractivity contribution in [2.24, 2.45) is 4.40 Å². The standard InChI is InChI=1S/C16H13NO2S/c1-12-7-10-16-14(11-12)15(17-20(16,18)19)9-8-13-5-3-2-4-6-13/h2-11H,1H3/b9-8+. The number of aryl methyl sites for hydroxylation is 1. The fourth-order valence-electron chi connectivity index (χ4n) is 2.16. The highest BCUT2D eigenvalue weighted by molar-refractivity contribution is 7.90. The van der Waals surface area contributed by atoms with Gasteiger partial charge in [0.15, 0.2) is 0 Å². The van der Waals surface area contributed by atoms with Crippen LogP contribution in [0.3, 0.4) is 0 Å². The average molecular weight is 283 g/mol. The molecule has 0 saturated heterocycles. The predicted octanol–water partition coefficient (Wildman–Crippen LogP) is 3.20. The van der Waals surface area contributed by atoms with Crippen molar-refractivity contribution in [3.05, 3.63) is 71.3 Å². The van der Waals surface area contributed by atoms with Crippen LogP contribution < -0.4 is 0 Å². The van der Waals surface area contributed by atoms with Gasteiger partial charge in [-0.25, -0.2) is 0 Å². The lowest BCUT2D eigenvalue weighted by Gasteiger charge is -1.99. The van der Waals surface area contributed by atoms with Crippen molar-refractivity contribution in [3.8, 4) is 0 Å². The molecule has 4 heteroatoms.